The third-order valence-electron chi connectivity index (χ3n) is 6.18. The first-order valence-electron chi connectivity index (χ1n) is 8.78. The van der Waals surface area contributed by atoms with Crippen molar-refractivity contribution < 1.29 is 9.90 Å². The van der Waals surface area contributed by atoms with Crippen LogP contribution in [0.15, 0.2) is 18.2 Å². The molecule has 4 aliphatic rings. The zero-order valence-corrected chi connectivity index (χ0v) is 15.2. The van der Waals surface area contributed by atoms with Crippen molar-refractivity contribution in [3.63, 3.8) is 0 Å². The van der Waals surface area contributed by atoms with E-state index in [1.807, 2.05) is 6.07 Å². The quantitative estimate of drug-likeness (QED) is 0.831. The summed E-state index contributed by atoms with van der Waals surface area (Å²) in [5, 5.41) is 15.0. The second-order valence-corrected chi connectivity index (χ2v) is 9.22. The van der Waals surface area contributed by atoms with Gasteiger partial charge in [-0.1, -0.05) is 29.3 Å². The predicted octanol–water partition coefficient (Wildman–Crippen LogP) is 4.33. The molecule has 5 heteroatoms. The fraction of sp³-hybridized carbons (Fsp3) is 0.632. The van der Waals surface area contributed by atoms with Crippen LogP contribution in [0.4, 0.5) is 0 Å². The second kappa shape index (κ2) is 5.89. The van der Waals surface area contributed by atoms with Gasteiger partial charge in [0.05, 0.1) is 5.60 Å². The number of carbonyl (C=O) groups is 1. The van der Waals surface area contributed by atoms with E-state index in [1.54, 1.807) is 12.1 Å². The summed E-state index contributed by atoms with van der Waals surface area (Å²) in [4.78, 5) is 12.5. The largest absolute Gasteiger partial charge is 0.390 e. The van der Waals surface area contributed by atoms with Crippen LogP contribution in [0.1, 0.15) is 50.5 Å². The molecule has 4 fully saturated rings. The molecule has 0 aromatic heterocycles. The molecule has 5 rings (SSSR count). The van der Waals surface area contributed by atoms with Gasteiger partial charge in [-0.3, -0.25) is 4.79 Å². The van der Waals surface area contributed by atoms with Gasteiger partial charge in [0.15, 0.2) is 0 Å². The molecule has 0 heterocycles. The van der Waals surface area contributed by atoms with E-state index < -0.39 is 5.60 Å². The Morgan fingerprint density at radius 2 is 1.92 bits per heavy atom. The summed E-state index contributed by atoms with van der Waals surface area (Å²) in [6.45, 7) is 0.419. The SMILES string of the molecule is O=C(CC12C[C@@H]3C[C@@H](CC(O)(C3)C1)C2)NCc1ccc(Cl)cc1Cl. The van der Waals surface area contributed by atoms with Gasteiger partial charge >= 0.3 is 0 Å². The summed E-state index contributed by atoms with van der Waals surface area (Å²) in [5.74, 6) is 1.27. The Morgan fingerprint density at radius 1 is 1.21 bits per heavy atom. The lowest BCUT2D eigenvalue weighted by Crippen LogP contribution is -2.56. The zero-order chi connectivity index (χ0) is 16.9. The number of nitrogens with one attached hydrogen (secondary N) is 1. The summed E-state index contributed by atoms with van der Waals surface area (Å²) in [6.07, 6.45) is 6.63. The van der Waals surface area contributed by atoms with E-state index in [1.165, 1.54) is 6.42 Å². The number of carbonyl (C=O) groups excluding carboxylic acids is 1. The van der Waals surface area contributed by atoms with Crippen LogP contribution in [-0.2, 0) is 11.3 Å². The molecule has 4 atom stereocenters. The summed E-state index contributed by atoms with van der Waals surface area (Å²) in [6, 6.07) is 5.32. The highest BCUT2D eigenvalue weighted by Gasteiger charge is 2.57. The summed E-state index contributed by atoms with van der Waals surface area (Å²) < 4.78 is 0. The molecule has 0 spiro atoms. The van der Waals surface area contributed by atoms with Crippen LogP contribution < -0.4 is 5.32 Å². The molecule has 0 aliphatic heterocycles. The number of amides is 1. The van der Waals surface area contributed by atoms with E-state index in [0.29, 0.717) is 34.8 Å². The highest BCUT2D eigenvalue weighted by Crippen LogP contribution is 2.62. The molecule has 4 bridgehead atoms. The van der Waals surface area contributed by atoms with Crippen molar-refractivity contribution in [2.24, 2.45) is 17.3 Å². The highest BCUT2D eigenvalue weighted by molar-refractivity contribution is 6.35. The Bertz CT molecular complexity index is 661. The van der Waals surface area contributed by atoms with Crippen LogP contribution in [0.5, 0.6) is 0 Å². The molecule has 4 aliphatic carbocycles. The van der Waals surface area contributed by atoms with Crippen LogP contribution in [0.3, 0.4) is 0 Å². The molecule has 1 aromatic rings. The van der Waals surface area contributed by atoms with E-state index in [9.17, 15) is 9.90 Å². The number of halogens is 2. The van der Waals surface area contributed by atoms with Gasteiger partial charge in [0.25, 0.3) is 0 Å². The number of hydrogen-bond acceptors (Lipinski definition) is 2. The molecule has 0 saturated heterocycles. The molecular weight excluding hydrogens is 345 g/mol. The van der Waals surface area contributed by atoms with Crippen molar-refractivity contribution in [3.8, 4) is 0 Å². The predicted molar refractivity (Wildman–Crippen MR) is 95.0 cm³/mol. The molecule has 2 unspecified atom stereocenters. The van der Waals surface area contributed by atoms with Gasteiger partial charge < -0.3 is 10.4 Å². The molecule has 1 amide bonds. The molecule has 24 heavy (non-hydrogen) atoms. The Labute approximate surface area is 152 Å². The minimum atomic E-state index is -0.510. The molecule has 4 saturated carbocycles. The van der Waals surface area contributed by atoms with Crippen molar-refractivity contribution in [2.45, 2.75) is 57.1 Å². The highest BCUT2D eigenvalue weighted by atomic mass is 35.5. The van der Waals surface area contributed by atoms with Crippen molar-refractivity contribution >= 4 is 29.1 Å². The lowest BCUT2D eigenvalue weighted by atomic mass is 9.47. The summed E-state index contributed by atoms with van der Waals surface area (Å²) in [5.41, 5.74) is 0.370. The van der Waals surface area contributed by atoms with Crippen molar-refractivity contribution in [2.75, 3.05) is 0 Å². The first-order valence-corrected chi connectivity index (χ1v) is 9.53. The molecule has 130 valence electrons. The Balaban J connectivity index is 1.39. The Hall–Kier alpha value is -0.770. The van der Waals surface area contributed by atoms with Crippen molar-refractivity contribution in [1.82, 2.24) is 5.32 Å². The maximum Gasteiger partial charge on any atom is 0.220 e. The van der Waals surface area contributed by atoms with Crippen LogP contribution in [0.25, 0.3) is 0 Å². The van der Waals surface area contributed by atoms with Gasteiger partial charge in [0, 0.05) is 23.0 Å². The van der Waals surface area contributed by atoms with Gasteiger partial charge in [-0.05, 0) is 73.5 Å². The van der Waals surface area contributed by atoms with Crippen molar-refractivity contribution in [1.29, 1.82) is 0 Å². The third-order valence-corrected chi connectivity index (χ3v) is 6.76. The van der Waals surface area contributed by atoms with Crippen molar-refractivity contribution in [3.05, 3.63) is 33.8 Å². The molecule has 3 nitrogen and oxygen atoms in total. The van der Waals surface area contributed by atoms with Crippen LogP contribution in [-0.4, -0.2) is 16.6 Å². The van der Waals surface area contributed by atoms with E-state index >= 15 is 0 Å². The lowest BCUT2D eigenvalue weighted by molar-refractivity contribution is -0.169. The maximum absolute atomic E-state index is 12.5. The van der Waals surface area contributed by atoms with Gasteiger partial charge in [-0.15, -0.1) is 0 Å². The normalized spacial score (nSPS) is 36.8. The topological polar surface area (TPSA) is 49.3 Å². The van der Waals surface area contributed by atoms with Gasteiger partial charge in [-0.2, -0.15) is 0 Å². The van der Waals surface area contributed by atoms with E-state index in [2.05, 4.69) is 5.32 Å². The molecular formula is C19H23Cl2NO2. The van der Waals surface area contributed by atoms with Crippen LogP contribution in [0, 0.1) is 17.3 Å². The lowest BCUT2D eigenvalue weighted by Gasteiger charge is -2.60. The van der Waals surface area contributed by atoms with Crippen LogP contribution >= 0.6 is 23.2 Å². The average Bonchev–Trinajstić information content (AvgIpc) is 2.43. The number of rotatable bonds is 4. The van der Waals surface area contributed by atoms with Gasteiger partial charge in [-0.25, -0.2) is 0 Å². The fourth-order valence-corrected chi connectivity index (χ4v) is 6.35. The minimum Gasteiger partial charge on any atom is -0.390 e. The van der Waals surface area contributed by atoms with E-state index in [0.717, 1.165) is 37.7 Å². The number of hydrogen-bond donors (Lipinski definition) is 2. The number of benzene rings is 1. The van der Waals surface area contributed by atoms with Crippen LogP contribution in [0.2, 0.25) is 10.0 Å². The third kappa shape index (κ3) is 3.18. The molecule has 1 aromatic carbocycles. The standard InChI is InChI=1S/C19H23Cl2NO2/c20-15-2-1-14(16(21)4-15)10-22-17(23)9-18-5-12-3-13(6-18)8-19(24,7-12)11-18/h1-2,4,12-13,24H,3,5-11H2,(H,22,23)/t12-,13+,18?,19?. The first kappa shape index (κ1) is 16.7. The van der Waals surface area contributed by atoms with Gasteiger partial charge in [0.1, 0.15) is 0 Å². The van der Waals surface area contributed by atoms with Gasteiger partial charge in [0.2, 0.25) is 5.91 Å². The fourth-order valence-electron chi connectivity index (χ4n) is 5.87. The Kier molecular flexibility index (Phi) is 4.10. The molecule has 0 radical (unpaired) electrons. The summed E-state index contributed by atoms with van der Waals surface area (Å²) >= 11 is 12.1. The second-order valence-electron chi connectivity index (χ2n) is 8.37. The first-order chi connectivity index (χ1) is 11.3. The monoisotopic (exact) mass is 367 g/mol. The van der Waals surface area contributed by atoms with E-state index in [-0.39, 0.29) is 11.3 Å². The Morgan fingerprint density at radius 3 is 2.54 bits per heavy atom. The maximum atomic E-state index is 12.5. The smallest absolute Gasteiger partial charge is 0.220 e. The minimum absolute atomic E-state index is 0.00665. The van der Waals surface area contributed by atoms with E-state index in [4.69, 9.17) is 23.2 Å². The zero-order valence-electron chi connectivity index (χ0n) is 13.7. The summed E-state index contributed by atoms with van der Waals surface area (Å²) in [7, 11) is 0. The molecule has 2 N–H and O–H groups in total. The average molecular weight is 368 g/mol. The number of aliphatic hydroxyl groups is 1.